The van der Waals surface area contributed by atoms with Gasteiger partial charge >= 0.3 is 5.97 Å². The number of hydrogen-bond donors (Lipinski definition) is 3. The zero-order chi connectivity index (χ0) is 13.4. The molecule has 100 valence electrons. The van der Waals surface area contributed by atoms with Crippen molar-refractivity contribution < 1.29 is 14.7 Å². The highest BCUT2D eigenvalue weighted by atomic mass is 16.4. The lowest BCUT2D eigenvalue weighted by Crippen LogP contribution is -2.40. The van der Waals surface area contributed by atoms with Crippen molar-refractivity contribution in [3.63, 3.8) is 0 Å². The summed E-state index contributed by atoms with van der Waals surface area (Å²) in [6.45, 7) is 5.99. The Morgan fingerprint density at radius 2 is 1.82 bits per heavy atom. The first-order valence-corrected chi connectivity index (χ1v) is 6.10. The van der Waals surface area contributed by atoms with Gasteiger partial charge in [0.2, 0.25) is 5.91 Å². The van der Waals surface area contributed by atoms with Crippen molar-refractivity contribution >= 4 is 11.9 Å². The lowest BCUT2D eigenvalue weighted by Gasteiger charge is -2.18. The fourth-order valence-corrected chi connectivity index (χ4v) is 1.47. The molecule has 0 radical (unpaired) electrons. The van der Waals surface area contributed by atoms with Crippen molar-refractivity contribution in [2.24, 2.45) is 17.6 Å². The Hall–Kier alpha value is -1.10. The van der Waals surface area contributed by atoms with Gasteiger partial charge in [0.1, 0.15) is 0 Å². The van der Waals surface area contributed by atoms with E-state index in [1.807, 2.05) is 0 Å². The second-order valence-electron chi connectivity index (χ2n) is 4.70. The Bertz CT molecular complexity index is 256. The van der Waals surface area contributed by atoms with Gasteiger partial charge in [0, 0.05) is 12.5 Å². The minimum atomic E-state index is -0.894. The van der Waals surface area contributed by atoms with E-state index in [0.29, 0.717) is 18.9 Å². The Kier molecular flexibility index (Phi) is 7.54. The number of carbonyl (C=O) groups excluding carboxylic acids is 1. The molecular formula is C12H24N2O3. The predicted octanol–water partition coefficient (Wildman–Crippen LogP) is 0.977. The van der Waals surface area contributed by atoms with Crippen LogP contribution in [0.2, 0.25) is 0 Å². The standard InChI is InChI=1S/C12H24N2O3/c1-8(6-7-13)4-5-11(15)14-10(3)9(2)12(16)17/h8-10H,4-7,13H2,1-3H3,(H,14,15)(H,16,17). The van der Waals surface area contributed by atoms with Crippen LogP contribution in [0.4, 0.5) is 0 Å². The van der Waals surface area contributed by atoms with E-state index in [9.17, 15) is 9.59 Å². The zero-order valence-corrected chi connectivity index (χ0v) is 10.9. The highest BCUT2D eigenvalue weighted by Gasteiger charge is 2.20. The average molecular weight is 244 g/mol. The molecule has 0 saturated heterocycles. The number of carboxylic acid groups (broad SMARTS) is 1. The quantitative estimate of drug-likeness (QED) is 0.593. The second-order valence-corrected chi connectivity index (χ2v) is 4.70. The summed E-state index contributed by atoms with van der Waals surface area (Å²) in [6.07, 6.45) is 2.13. The fourth-order valence-electron chi connectivity index (χ4n) is 1.47. The van der Waals surface area contributed by atoms with Crippen LogP contribution in [-0.2, 0) is 9.59 Å². The van der Waals surface area contributed by atoms with Gasteiger partial charge in [0.15, 0.2) is 0 Å². The minimum Gasteiger partial charge on any atom is -0.481 e. The molecule has 0 aromatic carbocycles. The average Bonchev–Trinajstić information content (AvgIpc) is 2.25. The molecular weight excluding hydrogens is 220 g/mol. The van der Waals surface area contributed by atoms with Gasteiger partial charge < -0.3 is 16.2 Å². The molecule has 0 aromatic heterocycles. The van der Waals surface area contributed by atoms with Crippen molar-refractivity contribution in [2.75, 3.05) is 6.54 Å². The largest absolute Gasteiger partial charge is 0.481 e. The van der Waals surface area contributed by atoms with Gasteiger partial charge in [-0.05, 0) is 39.2 Å². The summed E-state index contributed by atoms with van der Waals surface area (Å²) in [5, 5.41) is 11.5. The third-order valence-corrected chi connectivity index (χ3v) is 3.05. The van der Waals surface area contributed by atoms with E-state index in [1.165, 1.54) is 0 Å². The normalized spacial score (nSPS) is 16.0. The number of amides is 1. The molecule has 3 unspecified atom stereocenters. The summed E-state index contributed by atoms with van der Waals surface area (Å²) in [4.78, 5) is 22.3. The summed E-state index contributed by atoms with van der Waals surface area (Å²) in [7, 11) is 0. The third-order valence-electron chi connectivity index (χ3n) is 3.05. The molecule has 0 aliphatic rings. The van der Waals surface area contributed by atoms with Gasteiger partial charge in [0.25, 0.3) is 0 Å². The van der Waals surface area contributed by atoms with Gasteiger partial charge in [-0.1, -0.05) is 6.92 Å². The maximum absolute atomic E-state index is 11.6. The number of rotatable bonds is 8. The molecule has 0 bridgehead atoms. The van der Waals surface area contributed by atoms with Crippen LogP contribution in [0, 0.1) is 11.8 Å². The van der Waals surface area contributed by atoms with E-state index < -0.39 is 11.9 Å². The van der Waals surface area contributed by atoms with Crippen LogP contribution < -0.4 is 11.1 Å². The van der Waals surface area contributed by atoms with E-state index in [0.717, 1.165) is 12.8 Å². The highest BCUT2D eigenvalue weighted by molar-refractivity contribution is 5.77. The van der Waals surface area contributed by atoms with E-state index in [1.54, 1.807) is 13.8 Å². The van der Waals surface area contributed by atoms with E-state index in [4.69, 9.17) is 10.8 Å². The lowest BCUT2D eigenvalue weighted by molar-refractivity contribution is -0.142. The van der Waals surface area contributed by atoms with Crippen molar-refractivity contribution in [1.29, 1.82) is 0 Å². The second kappa shape index (κ2) is 8.06. The van der Waals surface area contributed by atoms with Crippen LogP contribution in [0.5, 0.6) is 0 Å². The van der Waals surface area contributed by atoms with Crippen molar-refractivity contribution in [1.82, 2.24) is 5.32 Å². The Morgan fingerprint density at radius 1 is 1.24 bits per heavy atom. The molecule has 4 N–H and O–H groups in total. The van der Waals surface area contributed by atoms with Gasteiger partial charge in [-0.15, -0.1) is 0 Å². The molecule has 3 atom stereocenters. The van der Waals surface area contributed by atoms with E-state index >= 15 is 0 Å². The van der Waals surface area contributed by atoms with Crippen LogP contribution in [-0.4, -0.2) is 29.6 Å². The molecule has 5 nitrogen and oxygen atoms in total. The molecule has 0 aromatic rings. The van der Waals surface area contributed by atoms with Crippen LogP contribution in [0.3, 0.4) is 0 Å². The van der Waals surface area contributed by atoms with Gasteiger partial charge in [-0.3, -0.25) is 9.59 Å². The summed E-state index contributed by atoms with van der Waals surface area (Å²) in [6, 6.07) is -0.343. The summed E-state index contributed by atoms with van der Waals surface area (Å²) >= 11 is 0. The summed E-state index contributed by atoms with van der Waals surface area (Å²) < 4.78 is 0. The fraction of sp³-hybridized carbons (Fsp3) is 0.833. The number of aliphatic carboxylic acids is 1. The topological polar surface area (TPSA) is 92.4 Å². The Labute approximate surface area is 103 Å². The Morgan fingerprint density at radius 3 is 2.29 bits per heavy atom. The Balaban J connectivity index is 3.90. The third kappa shape index (κ3) is 6.94. The molecule has 0 rings (SSSR count). The van der Waals surface area contributed by atoms with Crippen LogP contribution in [0.15, 0.2) is 0 Å². The summed E-state index contributed by atoms with van der Waals surface area (Å²) in [5.74, 6) is -1.12. The molecule has 1 amide bonds. The van der Waals surface area contributed by atoms with Crippen molar-refractivity contribution in [3.05, 3.63) is 0 Å². The van der Waals surface area contributed by atoms with Gasteiger partial charge in [0.05, 0.1) is 5.92 Å². The highest BCUT2D eigenvalue weighted by Crippen LogP contribution is 2.09. The maximum atomic E-state index is 11.6. The van der Waals surface area contributed by atoms with Gasteiger partial charge in [-0.25, -0.2) is 0 Å². The number of hydrogen-bond acceptors (Lipinski definition) is 3. The maximum Gasteiger partial charge on any atom is 0.308 e. The number of nitrogens with one attached hydrogen (secondary N) is 1. The molecule has 0 fully saturated rings. The molecule has 0 aliphatic carbocycles. The van der Waals surface area contributed by atoms with E-state index in [-0.39, 0.29) is 11.9 Å². The van der Waals surface area contributed by atoms with Crippen molar-refractivity contribution in [2.45, 2.75) is 46.1 Å². The number of carboxylic acids is 1. The number of nitrogens with two attached hydrogens (primary N) is 1. The molecule has 0 heterocycles. The molecule has 0 saturated carbocycles. The molecule has 0 aliphatic heterocycles. The van der Waals surface area contributed by atoms with E-state index in [2.05, 4.69) is 12.2 Å². The van der Waals surface area contributed by atoms with Gasteiger partial charge in [-0.2, -0.15) is 0 Å². The monoisotopic (exact) mass is 244 g/mol. The van der Waals surface area contributed by atoms with Crippen molar-refractivity contribution in [3.8, 4) is 0 Å². The first kappa shape index (κ1) is 15.9. The lowest BCUT2D eigenvalue weighted by atomic mass is 10.0. The minimum absolute atomic E-state index is 0.0885. The first-order chi connectivity index (χ1) is 7.88. The predicted molar refractivity (Wildman–Crippen MR) is 66.5 cm³/mol. The molecule has 17 heavy (non-hydrogen) atoms. The van der Waals surface area contributed by atoms with Crippen LogP contribution in [0.25, 0.3) is 0 Å². The zero-order valence-electron chi connectivity index (χ0n) is 10.9. The first-order valence-electron chi connectivity index (χ1n) is 6.10. The smallest absolute Gasteiger partial charge is 0.308 e. The van der Waals surface area contributed by atoms with Crippen LogP contribution >= 0.6 is 0 Å². The molecule has 5 heteroatoms. The molecule has 0 spiro atoms. The SMILES string of the molecule is CC(CCN)CCC(=O)NC(C)C(C)C(=O)O. The number of carbonyl (C=O) groups is 2. The summed E-state index contributed by atoms with van der Waals surface area (Å²) in [5.41, 5.74) is 5.42. The van der Waals surface area contributed by atoms with Crippen LogP contribution in [0.1, 0.15) is 40.0 Å².